The highest BCUT2D eigenvalue weighted by Crippen LogP contribution is 2.55. The van der Waals surface area contributed by atoms with Gasteiger partial charge in [0.05, 0.1) is 31.3 Å². The molecule has 1 aromatic carbocycles. The fourth-order valence-electron chi connectivity index (χ4n) is 4.79. The molecule has 3 rings (SSSR count). The van der Waals surface area contributed by atoms with Crippen molar-refractivity contribution in [2.24, 2.45) is 5.92 Å². The second-order valence-electron chi connectivity index (χ2n) is 12.2. The van der Waals surface area contributed by atoms with Crippen LogP contribution < -0.4 is 10.1 Å². The highest BCUT2D eigenvalue weighted by molar-refractivity contribution is 6.74. The van der Waals surface area contributed by atoms with Gasteiger partial charge in [-0.05, 0) is 43.3 Å². The van der Waals surface area contributed by atoms with Gasteiger partial charge < -0.3 is 24.0 Å². The van der Waals surface area contributed by atoms with Crippen LogP contribution in [0.3, 0.4) is 0 Å². The maximum atomic E-state index is 14.6. The summed E-state index contributed by atoms with van der Waals surface area (Å²) in [5.74, 6) is -6.79. The number of anilines is 1. The zero-order valence-corrected chi connectivity index (χ0v) is 26.3. The number of methoxy groups -OCH3 is 2. The molecule has 5 atom stereocenters. The molecule has 1 amide bonds. The predicted molar refractivity (Wildman–Crippen MR) is 150 cm³/mol. The Labute approximate surface area is 244 Å². The molecule has 1 fully saturated rings. The minimum Gasteiger partial charge on any atom is -0.493 e. The molecule has 0 radical (unpaired) electrons. The lowest BCUT2D eigenvalue weighted by atomic mass is 9.77. The topological polar surface area (TPSA) is 78.9 Å². The monoisotopic (exact) mass is 618 g/mol. The molecule has 0 aliphatic carbocycles. The summed E-state index contributed by atoms with van der Waals surface area (Å²) in [6.45, 7) is 12.8. The lowest BCUT2D eigenvalue weighted by Crippen LogP contribution is -2.47. The molecular formula is C29H39F5N2O5Si. The fraction of sp³-hybridized carbons (Fsp3) is 0.586. The normalized spacial score (nSPS) is 24.0. The van der Waals surface area contributed by atoms with Crippen LogP contribution in [0.25, 0.3) is 0 Å². The van der Waals surface area contributed by atoms with Crippen LogP contribution in [0.4, 0.5) is 27.6 Å². The SMILES string of the molecule is COCC(O[Si](C)(C)C(C)(C)C)c1ccc(NC(=O)[C@@H]2O[C@@](C)(C(F)(F)F)[C@@H](C)[C@H]2c2ccc(F)c(F)c2OC)cn1. The summed E-state index contributed by atoms with van der Waals surface area (Å²) in [5.41, 5.74) is -2.12. The van der Waals surface area contributed by atoms with Crippen molar-refractivity contribution in [3.63, 3.8) is 0 Å². The number of carbonyl (C=O) groups is 1. The molecule has 0 bridgehead atoms. The number of aromatic nitrogens is 1. The predicted octanol–water partition coefficient (Wildman–Crippen LogP) is 7.16. The quantitative estimate of drug-likeness (QED) is 0.238. The van der Waals surface area contributed by atoms with Crippen LogP contribution in [0, 0.1) is 17.6 Å². The molecule has 2 heterocycles. The van der Waals surface area contributed by atoms with Crippen molar-refractivity contribution >= 4 is 19.9 Å². The maximum absolute atomic E-state index is 14.6. The van der Waals surface area contributed by atoms with E-state index in [9.17, 15) is 26.7 Å². The first-order valence-corrected chi connectivity index (χ1v) is 16.4. The number of pyridine rings is 1. The summed E-state index contributed by atoms with van der Waals surface area (Å²) < 4.78 is 93.4. The zero-order valence-electron chi connectivity index (χ0n) is 25.3. The number of hydrogen-bond acceptors (Lipinski definition) is 6. The van der Waals surface area contributed by atoms with Crippen molar-refractivity contribution in [2.75, 3.05) is 26.1 Å². The first-order valence-electron chi connectivity index (χ1n) is 13.5. The molecule has 1 aliphatic heterocycles. The molecule has 1 unspecified atom stereocenters. The summed E-state index contributed by atoms with van der Waals surface area (Å²) in [4.78, 5) is 17.9. The van der Waals surface area contributed by atoms with Crippen LogP contribution in [0.5, 0.6) is 5.75 Å². The van der Waals surface area contributed by atoms with E-state index >= 15 is 0 Å². The average molecular weight is 619 g/mol. The van der Waals surface area contributed by atoms with Gasteiger partial charge in [-0.1, -0.05) is 33.8 Å². The van der Waals surface area contributed by atoms with Crippen molar-refractivity contribution < 1.29 is 45.4 Å². The Morgan fingerprint density at radius 3 is 2.29 bits per heavy atom. The number of rotatable bonds is 9. The lowest BCUT2D eigenvalue weighted by molar-refractivity contribution is -0.272. The van der Waals surface area contributed by atoms with Gasteiger partial charge in [0.1, 0.15) is 12.2 Å². The molecule has 0 spiro atoms. The van der Waals surface area contributed by atoms with E-state index in [1.807, 2.05) is 0 Å². The fourth-order valence-corrected chi connectivity index (χ4v) is 6.04. The Balaban J connectivity index is 1.93. The van der Waals surface area contributed by atoms with Crippen LogP contribution in [0.15, 0.2) is 30.5 Å². The number of halogens is 5. The van der Waals surface area contributed by atoms with Crippen LogP contribution >= 0.6 is 0 Å². The minimum atomic E-state index is -4.87. The first kappa shape index (κ1) is 33.9. The van der Waals surface area contributed by atoms with E-state index in [1.54, 1.807) is 19.2 Å². The van der Waals surface area contributed by atoms with Crippen molar-refractivity contribution in [1.29, 1.82) is 0 Å². The molecule has 1 N–H and O–H groups in total. The van der Waals surface area contributed by atoms with E-state index in [-0.39, 0.29) is 22.9 Å². The Bertz CT molecular complexity index is 1270. The van der Waals surface area contributed by atoms with E-state index in [0.717, 1.165) is 26.2 Å². The van der Waals surface area contributed by atoms with E-state index in [0.29, 0.717) is 5.69 Å². The second-order valence-corrected chi connectivity index (χ2v) is 17.0. The van der Waals surface area contributed by atoms with Gasteiger partial charge in [-0.3, -0.25) is 9.78 Å². The van der Waals surface area contributed by atoms with Crippen LogP contribution in [0.2, 0.25) is 18.1 Å². The number of nitrogens with one attached hydrogen (secondary N) is 1. The van der Waals surface area contributed by atoms with Gasteiger partial charge in [-0.2, -0.15) is 17.6 Å². The van der Waals surface area contributed by atoms with Crippen LogP contribution in [-0.2, 0) is 18.7 Å². The molecule has 1 saturated heterocycles. The molecule has 13 heteroatoms. The van der Waals surface area contributed by atoms with Crippen molar-refractivity contribution in [3.05, 3.63) is 53.4 Å². The highest BCUT2D eigenvalue weighted by Gasteiger charge is 2.66. The Morgan fingerprint density at radius 2 is 1.79 bits per heavy atom. The number of alkyl halides is 3. The van der Waals surface area contributed by atoms with Gasteiger partial charge in [0.15, 0.2) is 25.5 Å². The van der Waals surface area contributed by atoms with Crippen LogP contribution in [-0.4, -0.2) is 57.9 Å². The second kappa shape index (κ2) is 12.2. The van der Waals surface area contributed by atoms with Gasteiger partial charge in [-0.25, -0.2) is 4.39 Å². The minimum absolute atomic E-state index is 0.0666. The van der Waals surface area contributed by atoms with E-state index < -0.39 is 67.4 Å². The summed E-state index contributed by atoms with van der Waals surface area (Å²) in [6.07, 6.45) is -5.69. The van der Waals surface area contributed by atoms with Crippen molar-refractivity contribution in [3.8, 4) is 5.75 Å². The van der Waals surface area contributed by atoms with Crippen LogP contribution in [0.1, 0.15) is 57.9 Å². The van der Waals surface area contributed by atoms with Gasteiger partial charge in [-0.15, -0.1) is 0 Å². The lowest BCUT2D eigenvalue weighted by Gasteiger charge is -2.39. The molecule has 0 saturated carbocycles. The molecule has 2 aromatic rings. The van der Waals surface area contributed by atoms with E-state index in [4.69, 9.17) is 18.6 Å². The molecule has 234 valence electrons. The standard InChI is InChI=1S/C29H39F5N2O5Si/c1-16-22(18-11-12-19(30)23(31)24(18)39-7)25(40-28(16,5)29(32,33)34)26(37)36-17-10-13-20(35-14-17)21(15-38-6)41-42(8,9)27(2,3)4/h10-14,16,21-22,25H,15H2,1-9H3,(H,36,37)/t16-,21?,22-,25+,28+/m0/s1. The Morgan fingerprint density at radius 1 is 1.14 bits per heavy atom. The number of hydrogen-bond donors (Lipinski definition) is 1. The first-order chi connectivity index (χ1) is 19.3. The Hall–Kier alpha value is -2.61. The number of ether oxygens (including phenoxy) is 3. The highest BCUT2D eigenvalue weighted by atomic mass is 28.4. The summed E-state index contributed by atoms with van der Waals surface area (Å²) in [5, 5.41) is 2.50. The summed E-state index contributed by atoms with van der Waals surface area (Å²) in [6, 6.07) is 5.08. The summed E-state index contributed by atoms with van der Waals surface area (Å²) in [7, 11) is 0.421. The third-order valence-corrected chi connectivity index (χ3v) is 13.0. The maximum Gasteiger partial charge on any atom is 0.417 e. The molecular weight excluding hydrogens is 579 g/mol. The number of benzene rings is 1. The number of amides is 1. The van der Waals surface area contributed by atoms with E-state index in [2.05, 4.69) is 44.2 Å². The third kappa shape index (κ3) is 6.48. The van der Waals surface area contributed by atoms with E-state index in [1.165, 1.54) is 13.1 Å². The van der Waals surface area contributed by atoms with Crippen molar-refractivity contribution in [1.82, 2.24) is 4.98 Å². The van der Waals surface area contributed by atoms with Crippen molar-refractivity contribution in [2.45, 2.75) is 82.7 Å². The van der Waals surface area contributed by atoms with Gasteiger partial charge in [0, 0.05) is 24.5 Å². The molecule has 7 nitrogen and oxygen atoms in total. The smallest absolute Gasteiger partial charge is 0.417 e. The third-order valence-electron chi connectivity index (χ3n) is 8.52. The largest absolute Gasteiger partial charge is 0.493 e. The van der Waals surface area contributed by atoms with Gasteiger partial charge >= 0.3 is 6.18 Å². The molecule has 42 heavy (non-hydrogen) atoms. The number of carbonyl (C=O) groups excluding carboxylic acids is 1. The number of nitrogens with zero attached hydrogens (tertiary/aromatic N) is 1. The molecule has 1 aromatic heterocycles. The van der Waals surface area contributed by atoms with Gasteiger partial charge in [0.2, 0.25) is 5.82 Å². The average Bonchev–Trinajstić information content (AvgIpc) is 3.16. The molecule has 1 aliphatic rings. The van der Waals surface area contributed by atoms with Gasteiger partial charge in [0.25, 0.3) is 5.91 Å². The zero-order chi connectivity index (χ0) is 31.8. The Kier molecular flexibility index (Phi) is 9.82. The summed E-state index contributed by atoms with van der Waals surface area (Å²) >= 11 is 0.